The molecule has 1 unspecified atom stereocenters. The fourth-order valence-corrected chi connectivity index (χ4v) is 2.69. The number of rotatable bonds is 4. The smallest absolute Gasteiger partial charge is 0.221 e. The van der Waals surface area contributed by atoms with Crippen molar-refractivity contribution in [2.24, 2.45) is 0 Å². The molecule has 0 saturated heterocycles. The van der Waals surface area contributed by atoms with Gasteiger partial charge in [-0.3, -0.25) is 4.79 Å². The first kappa shape index (κ1) is 12.6. The number of halogens is 1. The molecule has 1 aliphatic rings. The van der Waals surface area contributed by atoms with Gasteiger partial charge in [-0.2, -0.15) is 0 Å². The highest BCUT2D eigenvalue weighted by Crippen LogP contribution is 2.32. The summed E-state index contributed by atoms with van der Waals surface area (Å²) in [5, 5.41) is 6.08. The Morgan fingerprint density at radius 3 is 3.12 bits per heavy atom. The minimum Gasteiger partial charge on any atom is -0.359 e. The maximum atomic E-state index is 11.1. The Balaban J connectivity index is 1.91. The Morgan fingerprint density at radius 2 is 2.35 bits per heavy atom. The van der Waals surface area contributed by atoms with Crippen LogP contribution in [0.3, 0.4) is 0 Å². The van der Waals surface area contributed by atoms with Crippen LogP contribution in [0.25, 0.3) is 0 Å². The van der Waals surface area contributed by atoms with Crippen LogP contribution in [0.1, 0.15) is 30.0 Å². The van der Waals surface area contributed by atoms with E-state index in [2.05, 4.69) is 44.8 Å². The predicted octanol–water partition coefficient (Wildman–Crippen LogP) is 2.16. The van der Waals surface area contributed by atoms with E-state index in [0.29, 0.717) is 12.5 Å². The van der Waals surface area contributed by atoms with E-state index in [-0.39, 0.29) is 5.91 Å². The molecule has 17 heavy (non-hydrogen) atoms. The molecule has 0 fully saturated rings. The largest absolute Gasteiger partial charge is 0.359 e. The van der Waals surface area contributed by atoms with Crippen molar-refractivity contribution in [3.05, 3.63) is 33.8 Å². The molecule has 0 radical (unpaired) electrons. The van der Waals surface area contributed by atoms with Crippen LogP contribution in [0.2, 0.25) is 0 Å². The van der Waals surface area contributed by atoms with Crippen molar-refractivity contribution >= 4 is 21.8 Å². The van der Waals surface area contributed by atoms with Gasteiger partial charge in [0.2, 0.25) is 5.91 Å². The fraction of sp³-hybridized carbons (Fsp3) is 0.462. The lowest BCUT2D eigenvalue weighted by Gasteiger charge is -2.13. The van der Waals surface area contributed by atoms with Gasteiger partial charge >= 0.3 is 0 Å². The van der Waals surface area contributed by atoms with E-state index in [9.17, 15) is 4.79 Å². The quantitative estimate of drug-likeness (QED) is 0.894. The SMILES string of the molecule is CNC(=O)CCNC1CCc2cc(Br)ccc21. The normalized spacial score (nSPS) is 17.9. The summed E-state index contributed by atoms with van der Waals surface area (Å²) in [4.78, 5) is 11.1. The third-order valence-electron chi connectivity index (χ3n) is 3.20. The summed E-state index contributed by atoms with van der Waals surface area (Å²) < 4.78 is 1.14. The molecule has 3 nitrogen and oxygen atoms in total. The summed E-state index contributed by atoms with van der Waals surface area (Å²) in [5.74, 6) is 0.0894. The molecule has 1 amide bonds. The summed E-state index contributed by atoms with van der Waals surface area (Å²) in [5.41, 5.74) is 2.79. The van der Waals surface area contributed by atoms with Crippen molar-refractivity contribution in [2.75, 3.05) is 13.6 Å². The predicted molar refractivity (Wildman–Crippen MR) is 71.9 cm³/mol. The van der Waals surface area contributed by atoms with Crippen molar-refractivity contribution in [1.82, 2.24) is 10.6 Å². The average Bonchev–Trinajstić information content (AvgIpc) is 2.71. The Morgan fingerprint density at radius 1 is 1.53 bits per heavy atom. The van der Waals surface area contributed by atoms with Crippen LogP contribution in [-0.4, -0.2) is 19.5 Å². The lowest BCUT2D eigenvalue weighted by atomic mass is 10.1. The number of carbonyl (C=O) groups excluding carboxylic acids is 1. The first-order valence-corrected chi connectivity index (χ1v) is 6.72. The minimum absolute atomic E-state index is 0.0894. The van der Waals surface area contributed by atoms with Crippen LogP contribution in [0.4, 0.5) is 0 Å². The second-order valence-electron chi connectivity index (χ2n) is 4.31. The van der Waals surface area contributed by atoms with E-state index < -0.39 is 0 Å². The number of carbonyl (C=O) groups is 1. The summed E-state index contributed by atoms with van der Waals surface area (Å²) in [7, 11) is 1.67. The molecule has 0 aromatic heterocycles. The van der Waals surface area contributed by atoms with Gasteiger partial charge in [0.05, 0.1) is 0 Å². The van der Waals surface area contributed by atoms with Gasteiger partial charge in [0.1, 0.15) is 0 Å². The molecule has 1 atom stereocenters. The molecule has 0 heterocycles. The lowest BCUT2D eigenvalue weighted by molar-refractivity contribution is -0.120. The van der Waals surface area contributed by atoms with Crippen LogP contribution in [0, 0.1) is 0 Å². The zero-order valence-corrected chi connectivity index (χ0v) is 11.5. The summed E-state index contributed by atoms with van der Waals surface area (Å²) in [6.07, 6.45) is 2.78. The number of nitrogens with one attached hydrogen (secondary N) is 2. The zero-order chi connectivity index (χ0) is 12.3. The molecule has 92 valence electrons. The number of fused-ring (bicyclic) bond motifs is 1. The van der Waals surface area contributed by atoms with Gasteiger partial charge in [-0.25, -0.2) is 0 Å². The number of benzene rings is 1. The summed E-state index contributed by atoms with van der Waals surface area (Å²) in [6.45, 7) is 0.736. The first-order chi connectivity index (χ1) is 8.20. The summed E-state index contributed by atoms with van der Waals surface area (Å²) in [6, 6.07) is 6.85. The third-order valence-corrected chi connectivity index (χ3v) is 3.70. The molecule has 0 aliphatic heterocycles. The van der Waals surface area contributed by atoms with Gasteiger partial charge < -0.3 is 10.6 Å². The highest BCUT2D eigenvalue weighted by molar-refractivity contribution is 9.10. The highest BCUT2D eigenvalue weighted by Gasteiger charge is 2.21. The van der Waals surface area contributed by atoms with Crippen molar-refractivity contribution in [3.8, 4) is 0 Å². The van der Waals surface area contributed by atoms with Gasteiger partial charge in [-0.15, -0.1) is 0 Å². The Labute approximate surface area is 110 Å². The molecule has 0 saturated carbocycles. The Kier molecular flexibility index (Phi) is 4.18. The van der Waals surface area contributed by atoms with Gasteiger partial charge in [0, 0.05) is 30.5 Å². The Hall–Kier alpha value is -0.870. The van der Waals surface area contributed by atoms with Crippen LogP contribution >= 0.6 is 15.9 Å². The summed E-state index contributed by atoms with van der Waals surface area (Å²) >= 11 is 3.49. The lowest BCUT2D eigenvalue weighted by Crippen LogP contribution is -2.26. The number of aryl methyl sites for hydroxylation is 1. The van der Waals surface area contributed by atoms with Crippen molar-refractivity contribution in [2.45, 2.75) is 25.3 Å². The van der Waals surface area contributed by atoms with Crippen LogP contribution in [-0.2, 0) is 11.2 Å². The van der Waals surface area contributed by atoms with Gasteiger partial charge in [0.25, 0.3) is 0 Å². The van der Waals surface area contributed by atoms with Crippen LogP contribution in [0.5, 0.6) is 0 Å². The van der Waals surface area contributed by atoms with Crippen LogP contribution < -0.4 is 10.6 Å². The molecule has 1 aliphatic carbocycles. The van der Waals surface area contributed by atoms with Crippen LogP contribution in [0.15, 0.2) is 22.7 Å². The van der Waals surface area contributed by atoms with E-state index in [0.717, 1.165) is 23.9 Å². The molecule has 1 aromatic carbocycles. The van der Waals surface area contributed by atoms with Crippen molar-refractivity contribution < 1.29 is 4.79 Å². The fourth-order valence-electron chi connectivity index (χ4n) is 2.28. The molecule has 4 heteroatoms. The minimum atomic E-state index is 0.0894. The Bertz CT molecular complexity index is 420. The average molecular weight is 297 g/mol. The number of amides is 1. The zero-order valence-electron chi connectivity index (χ0n) is 9.92. The second kappa shape index (κ2) is 5.65. The topological polar surface area (TPSA) is 41.1 Å². The number of hydrogen-bond donors (Lipinski definition) is 2. The van der Waals surface area contributed by atoms with E-state index in [1.807, 2.05) is 0 Å². The van der Waals surface area contributed by atoms with Gasteiger partial charge in [-0.05, 0) is 36.1 Å². The number of hydrogen-bond acceptors (Lipinski definition) is 2. The molecule has 1 aromatic rings. The van der Waals surface area contributed by atoms with E-state index in [4.69, 9.17) is 0 Å². The monoisotopic (exact) mass is 296 g/mol. The standard InChI is InChI=1S/C13H17BrN2O/c1-15-13(17)6-7-16-12-5-2-9-8-10(14)3-4-11(9)12/h3-4,8,12,16H,2,5-7H2,1H3,(H,15,17). The maximum Gasteiger partial charge on any atom is 0.221 e. The van der Waals surface area contributed by atoms with Crippen molar-refractivity contribution in [1.29, 1.82) is 0 Å². The highest BCUT2D eigenvalue weighted by atomic mass is 79.9. The van der Waals surface area contributed by atoms with Crippen molar-refractivity contribution in [3.63, 3.8) is 0 Å². The molecule has 0 spiro atoms. The molecule has 2 rings (SSSR count). The molecule has 0 bridgehead atoms. The first-order valence-electron chi connectivity index (χ1n) is 5.93. The molecular formula is C13H17BrN2O. The maximum absolute atomic E-state index is 11.1. The van der Waals surface area contributed by atoms with E-state index >= 15 is 0 Å². The van der Waals surface area contributed by atoms with Gasteiger partial charge in [-0.1, -0.05) is 22.0 Å². The molecule has 2 N–H and O–H groups in total. The second-order valence-corrected chi connectivity index (χ2v) is 5.23. The van der Waals surface area contributed by atoms with E-state index in [1.54, 1.807) is 7.05 Å². The van der Waals surface area contributed by atoms with E-state index in [1.165, 1.54) is 11.1 Å². The molecular weight excluding hydrogens is 280 g/mol. The third kappa shape index (κ3) is 3.07. The van der Waals surface area contributed by atoms with Gasteiger partial charge in [0.15, 0.2) is 0 Å².